The lowest BCUT2D eigenvalue weighted by Crippen LogP contribution is -2.09. The van der Waals surface area contributed by atoms with E-state index >= 15 is 0 Å². The molecule has 4 heteroatoms. The van der Waals surface area contributed by atoms with Gasteiger partial charge in [-0.3, -0.25) is 9.47 Å². The van der Waals surface area contributed by atoms with E-state index in [-0.39, 0.29) is 12.4 Å². The maximum atomic E-state index is 9.99. The fourth-order valence-corrected chi connectivity index (χ4v) is 0.507. The van der Waals surface area contributed by atoms with Gasteiger partial charge in [-0.25, -0.2) is 0 Å². The maximum absolute atomic E-state index is 9.99. The number of hydrogen-bond acceptors (Lipinski definition) is 2. The van der Waals surface area contributed by atoms with Crippen LogP contribution >= 0.6 is 12.4 Å². The molecule has 0 amide bonds. The molecule has 0 aromatic carbocycles. The molecule has 0 bridgehead atoms. The van der Waals surface area contributed by atoms with Gasteiger partial charge in [-0.15, -0.1) is 12.4 Å². The van der Waals surface area contributed by atoms with Crippen LogP contribution in [0.4, 0.5) is 0 Å². The zero-order chi connectivity index (χ0) is 5.98. The van der Waals surface area contributed by atoms with E-state index in [4.69, 9.17) is 5.84 Å². The van der Waals surface area contributed by atoms with Crippen LogP contribution in [-0.2, 0) is 0 Å². The van der Waals surface area contributed by atoms with E-state index in [1.165, 1.54) is 4.68 Å². The lowest BCUT2D eigenvalue weighted by Gasteiger charge is -1.89. The number of rotatable bonds is 1. The first-order valence-corrected chi connectivity index (χ1v) is 2.22. The van der Waals surface area contributed by atoms with E-state index in [2.05, 4.69) is 0 Å². The Hall–Kier alpha value is -0.960. The van der Waals surface area contributed by atoms with Crippen molar-refractivity contribution in [2.45, 2.75) is 0 Å². The molecule has 0 aliphatic heterocycles. The number of carbonyl (C=O) groups is 1. The van der Waals surface area contributed by atoms with Gasteiger partial charge in [-0.05, 0) is 12.1 Å². The summed E-state index contributed by atoms with van der Waals surface area (Å²) >= 11 is 0. The highest BCUT2D eigenvalue weighted by atomic mass is 35.5. The molecule has 0 saturated carbocycles. The molecule has 3 nitrogen and oxygen atoms in total. The summed E-state index contributed by atoms with van der Waals surface area (Å²) < 4.78 is 1.27. The Morgan fingerprint density at radius 2 is 2.33 bits per heavy atom. The van der Waals surface area contributed by atoms with Crippen LogP contribution in [0.25, 0.3) is 0 Å². The van der Waals surface area contributed by atoms with Crippen LogP contribution < -0.4 is 5.84 Å². The summed E-state index contributed by atoms with van der Waals surface area (Å²) in [5.41, 5.74) is 0.491. The standard InChI is InChI=1S/C5H6N2O.ClH/c6-7-3-1-2-5(7)4-8;/h1-4H,6H2;1H. The van der Waals surface area contributed by atoms with Gasteiger partial charge in [0.1, 0.15) is 5.69 Å². The largest absolute Gasteiger partial charge is 0.339 e. The van der Waals surface area contributed by atoms with E-state index in [1.54, 1.807) is 18.3 Å². The van der Waals surface area contributed by atoms with E-state index in [0.29, 0.717) is 12.0 Å². The fraction of sp³-hybridized carbons (Fsp3) is 0. The van der Waals surface area contributed by atoms with Crippen LogP contribution in [0.2, 0.25) is 0 Å². The van der Waals surface area contributed by atoms with Gasteiger partial charge >= 0.3 is 0 Å². The van der Waals surface area contributed by atoms with Crippen molar-refractivity contribution in [1.82, 2.24) is 4.68 Å². The van der Waals surface area contributed by atoms with Gasteiger partial charge in [0.05, 0.1) is 0 Å². The predicted molar refractivity (Wildman–Crippen MR) is 37.2 cm³/mol. The third-order valence-corrected chi connectivity index (χ3v) is 0.933. The Bertz CT molecular complexity index is 197. The quantitative estimate of drug-likeness (QED) is 0.462. The molecule has 1 aromatic rings. The molecular weight excluding hydrogens is 140 g/mol. The zero-order valence-corrected chi connectivity index (χ0v) is 5.47. The molecular formula is C5H7ClN2O. The third-order valence-electron chi connectivity index (χ3n) is 0.933. The van der Waals surface area contributed by atoms with Gasteiger partial charge in [-0.2, -0.15) is 0 Å². The topological polar surface area (TPSA) is 48.0 Å². The van der Waals surface area contributed by atoms with Gasteiger partial charge in [0, 0.05) is 6.20 Å². The SMILES string of the molecule is Cl.Nn1cccc1C=O. The van der Waals surface area contributed by atoms with Crippen molar-refractivity contribution in [3.05, 3.63) is 24.0 Å². The van der Waals surface area contributed by atoms with Crippen LogP contribution in [0.3, 0.4) is 0 Å². The number of aromatic nitrogens is 1. The molecule has 0 aliphatic rings. The van der Waals surface area contributed by atoms with Crippen LogP contribution in [0.1, 0.15) is 10.5 Å². The first kappa shape index (κ1) is 8.04. The Balaban J connectivity index is 0.000000640. The van der Waals surface area contributed by atoms with E-state index in [0.717, 1.165) is 0 Å². The lowest BCUT2D eigenvalue weighted by atomic mass is 10.5. The number of hydrogen-bond donors (Lipinski definition) is 1. The highest BCUT2D eigenvalue weighted by molar-refractivity contribution is 5.85. The molecule has 0 radical (unpaired) electrons. The first-order valence-electron chi connectivity index (χ1n) is 2.22. The van der Waals surface area contributed by atoms with Crippen LogP contribution in [0, 0.1) is 0 Å². The van der Waals surface area contributed by atoms with Crippen molar-refractivity contribution in [3.8, 4) is 0 Å². The van der Waals surface area contributed by atoms with E-state index in [9.17, 15) is 4.79 Å². The van der Waals surface area contributed by atoms with E-state index in [1.807, 2.05) is 0 Å². The van der Waals surface area contributed by atoms with Crippen molar-refractivity contribution in [2.75, 3.05) is 5.84 Å². The van der Waals surface area contributed by atoms with Gasteiger partial charge in [0.15, 0.2) is 6.29 Å². The average Bonchev–Trinajstić information content (AvgIpc) is 2.14. The molecule has 0 atom stereocenters. The number of nitrogens with two attached hydrogens (primary N) is 1. The molecule has 0 saturated heterocycles. The summed E-state index contributed by atoms with van der Waals surface area (Å²) in [6.45, 7) is 0. The Kier molecular flexibility index (Phi) is 2.81. The second-order valence-corrected chi connectivity index (χ2v) is 1.46. The molecule has 0 fully saturated rings. The molecule has 1 heterocycles. The monoisotopic (exact) mass is 146 g/mol. The van der Waals surface area contributed by atoms with Crippen LogP contribution in [0.15, 0.2) is 18.3 Å². The molecule has 1 aromatic heterocycles. The van der Waals surface area contributed by atoms with Crippen molar-refractivity contribution < 1.29 is 4.79 Å². The summed E-state index contributed by atoms with van der Waals surface area (Å²) in [4.78, 5) is 9.99. The first-order chi connectivity index (χ1) is 3.84. The minimum atomic E-state index is 0. The Morgan fingerprint density at radius 1 is 1.67 bits per heavy atom. The van der Waals surface area contributed by atoms with Crippen molar-refractivity contribution in [1.29, 1.82) is 0 Å². The number of aldehydes is 1. The minimum absolute atomic E-state index is 0. The number of nitrogen functional groups attached to an aromatic ring is 1. The molecule has 0 unspecified atom stereocenters. The molecule has 50 valence electrons. The summed E-state index contributed by atoms with van der Waals surface area (Å²) in [5.74, 6) is 5.24. The van der Waals surface area contributed by atoms with Gasteiger partial charge in [-0.1, -0.05) is 0 Å². The van der Waals surface area contributed by atoms with Gasteiger partial charge in [0.2, 0.25) is 0 Å². The van der Waals surface area contributed by atoms with Crippen molar-refractivity contribution in [2.24, 2.45) is 0 Å². The number of carbonyl (C=O) groups excluding carboxylic acids is 1. The van der Waals surface area contributed by atoms with Gasteiger partial charge < -0.3 is 5.84 Å². The number of nitrogens with zero attached hydrogens (tertiary/aromatic N) is 1. The Morgan fingerprint density at radius 3 is 2.56 bits per heavy atom. The zero-order valence-electron chi connectivity index (χ0n) is 4.65. The normalized spacial score (nSPS) is 8.00. The predicted octanol–water partition coefficient (Wildman–Crippen LogP) is 0.436. The second-order valence-electron chi connectivity index (χ2n) is 1.46. The smallest absolute Gasteiger partial charge is 0.168 e. The highest BCUT2D eigenvalue weighted by Gasteiger charge is 1.89. The molecule has 0 aliphatic carbocycles. The summed E-state index contributed by atoms with van der Waals surface area (Å²) in [5, 5.41) is 0. The minimum Gasteiger partial charge on any atom is -0.339 e. The van der Waals surface area contributed by atoms with Gasteiger partial charge in [0.25, 0.3) is 0 Å². The molecule has 1 rings (SSSR count). The maximum Gasteiger partial charge on any atom is 0.168 e. The van der Waals surface area contributed by atoms with E-state index < -0.39 is 0 Å². The van der Waals surface area contributed by atoms with Crippen LogP contribution in [0.5, 0.6) is 0 Å². The molecule has 0 spiro atoms. The third kappa shape index (κ3) is 1.47. The summed E-state index contributed by atoms with van der Waals surface area (Å²) in [7, 11) is 0. The van der Waals surface area contributed by atoms with Crippen molar-refractivity contribution >= 4 is 18.7 Å². The van der Waals surface area contributed by atoms with Crippen molar-refractivity contribution in [3.63, 3.8) is 0 Å². The fourth-order valence-electron chi connectivity index (χ4n) is 0.507. The lowest BCUT2D eigenvalue weighted by molar-refractivity contribution is 0.111. The summed E-state index contributed by atoms with van der Waals surface area (Å²) in [6, 6.07) is 3.36. The number of halogens is 1. The second kappa shape index (κ2) is 3.14. The molecule has 2 N–H and O–H groups in total. The van der Waals surface area contributed by atoms with Crippen LogP contribution in [-0.4, -0.2) is 11.0 Å². The molecule has 9 heavy (non-hydrogen) atoms. The summed E-state index contributed by atoms with van der Waals surface area (Å²) in [6.07, 6.45) is 2.32. The average molecular weight is 147 g/mol. The highest BCUT2D eigenvalue weighted by Crippen LogP contribution is 1.90. The Labute approximate surface area is 58.8 Å².